The predicted octanol–water partition coefficient (Wildman–Crippen LogP) is 10.8. The maximum Gasteiger partial charge on any atom is 0.472 e. The summed E-state index contributed by atoms with van der Waals surface area (Å²) in [5.41, 5.74) is 0. The highest BCUT2D eigenvalue weighted by Crippen LogP contribution is 2.43. The van der Waals surface area contributed by atoms with Gasteiger partial charge in [0.15, 0.2) is 0 Å². The molecule has 3 N–H and O–H groups in total. The Morgan fingerprint density at radius 2 is 1.10 bits per heavy atom. The van der Waals surface area contributed by atoms with E-state index in [1.54, 1.807) is 0 Å². The normalized spacial score (nSPS) is 14.7. The van der Waals surface area contributed by atoms with Crippen molar-refractivity contribution < 1.29 is 32.9 Å². The number of unbranched alkanes of at least 4 members (excludes halogenated alkanes) is 22. The lowest BCUT2D eigenvalue weighted by Gasteiger charge is -2.26. The average molecular weight is 718 g/mol. The summed E-state index contributed by atoms with van der Waals surface area (Å²) in [6, 6.07) is -0.769. The molecular weight excluding hydrogens is 635 g/mol. The molecule has 0 aromatic heterocycles. The fourth-order valence-electron chi connectivity index (χ4n) is 5.93. The van der Waals surface area contributed by atoms with Crippen molar-refractivity contribution in [1.29, 1.82) is 0 Å². The van der Waals surface area contributed by atoms with Crippen molar-refractivity contribution in [1.82, 2.24) is 5.32 Å². The van der Waals surface area contributed by atoms with E-state index < -0.39 is 20.0 Å². The Hall–Kier alpha value is -0.760. The number of allylic oxidation sites excluding steroid dienone is 2. The largest absolute Gasteiger partial charge is 0.472 e. The molecule has 49 heavy (non-hydrogen) atoms. The number of nitrogens with zero attached hydrogens (tertiary/aromatic N) is 1. The van der Waals surface area contributed by atoms with Crippen LogP contribution in [0.1, 0.15) is 187 Å². The molecule has 3 unspecified atom stereocenters. The number of phosphoric ester groups is 1. The highest BCUT2D eigenvalue weighted by molar-refractivity contribution is 7.47. The van der Waals surface area contributed by atoms with E-state index in [0.717, 1.165) is 32.1 Å². The van der Waals surface area contributed by atoms with E-state index >= 15 is 0 Å². The van der Waals surface area contributed by atoms with Gasteiger partial charge in [-0.15, -0.1) is 0 Å². The quantitative estimate of drug-likeness (QED) is 0.0256. The van der Waals surface area contributed by atoms with E-state index in [2.05, 4.69) is 31.3 Å². The van der Waals surface area contributed by atoms with Gasteiger partial charge in [0.05, 0.1) is 39.9 Å². The first kappa shape index (κ1) is 48.2. The lowest BCUT2D eigenvalue weighted by atomic mass is 10.0. The summed E-state index contributed by atoms with van der Waals surface area (Å²) >= 11 is 0. The van der Waals surface area contributed by atoms with Crippen molar-refractivity contribution in [3.63, 3.8) is 0 Å². The minimum atomic E-state index is -4.31. The van der Waals surface area contributed by atoms with Crippen molar-refractivity contribution in [2.45, 2.75) is 199 Å². The molecular formula is C40H82N2O6P+. The van der Waals surface area contributed by atoms with Crippen LogP contribution >= 0.6 is 7.82 Å². The predicted molar refractivity (Wildman–Crippen MR) is 208 cm³/mol. The summed E-state index contributed by atoms with van der Waals surface area (Å²) in [7, 11) is 1.60. The number of hydrogen-bond acceptors (Lipinski definition) is 5. The molecule has 0 fully saturated rings. The van der Waals surface area contributed by atoms with Gasteiger partial charge in [-0.2, -0.15) is 0 Å². The van der Waals surface area contributed by atoms with Gasteiger partial charge >= 0.3 is 7.82 Å². The van der Waals surface area contributed by atoms with Crippen LogP contribution in [0, 0.1) is 0 Å². The number of carbonyl (C=O) groups excluding carboxylic acids is 1. The van der Waals surface area contributed by atoms with Crippen molar-refractivity contribution in [2.75, 3.05) is 40.9 Å². The van der Waals surface area contributed by atoms with E-state index in [9.17, 15) is 19.4 Å². The van der Waals surface area contributed by atoms with E-state index in [4.69, 9.17) is 9.05 Å². The topological polar surface area (TPSA) is 105 Å². The van der Waals surface area contributed by atoms with Gasteiger partial charge in [0, 0.05) is 6.42 Å². The van der Waals surface area contributed by atoms with Gasteiger partial charge in [0.1, 0.15) is 13.2 Å². The molecule has 0 bridgehead atoms. The molecule has 8 nitrogen and oxygen atoms in total. The molecule has 0 aliphatic heterocycles. The molecule has 0 saturated carbocycles. The molecule has 3 atom stereocenters. The van der Waals surface area contributed by atoms with Gasteiger partial charge in [0.2, 0.25) is 5.91 Å². The number of rotatable bonds is 37. The molecule has 9 heteroatoms. The van der Waals surface area contributed by atoms with Crippen LogP contribution in [0.4, 0.5) is 0 Å². The van der Waals surface area contributed by atoms with Crippen LogP contribution in [0.3, 0.4) is 0 Å². The summed E-state index contributed by atoms with van der Waals surface area (Å²) < 4.78 is 23.5. The summed E-state index contributed by atoms with van der Waals surface area (Å²) in [6.45, 7) is 4.83. The van der Waals surface area contributed by atoms with Gasteiger partial charge in [-0.05, 0) is 32.1 Å². The monoisotopic (exact) mass is 718 g/mol. The van der Waals surface area contributed by atoms with E-state index in [1.807, 2.05) is 21.1 Å². The average Bonchev–Trinajstić information content (AvgIpc) is 3.04. The number of aliphatic hydroxyl groups excluding tert-OH is 1. The number of carbonyl (C=O) groups is 1. The number of nitrogens with one attached hydrogen (secondary N) is 1. The first-order valence-corrected chi connectivity index (χ1v) is 22.0. The van der Waals surface area contributed by atoms with Crippen molar-refractivity contribution in [2.24, 2.45) is 0 Å². The zero-order valence-electron chi connectivity index (χ0n) is 32.9. The Kier molecular flexibility index (Phi) is 32.6. The van der Waals surface area contributed by atoms with Gasteiger partial charge in [-0.3, -0.25) is 13.8 Å². The minimum Gasteiger partial charge on any atom is -0.391 e. The molecule has 1 amide bonds. The SMILES string of the molecule is CCCCCC/C=C\CCCC(=O)NC(COP(=O)(O)OCC[N+](C)(C)C)C(O)CCCCCCCCCCCCCCCCCCCC. The standard InChI is InChI=1S/C40H81N2O6P/c1-6-8-10-12-14-16-17-18-19-20-21-22-23-24-26-27-29-31-33-39(43)38(37-48-49(45,46)47-36-35-42(3,4)5)41-40(44)34-32-30-28-25-15-13-11-9-7-2/h25,28,38-39,43H,6-24,26-27,29-37H2,1-5H3,(H-,41,44,45,46)/p+1/b28-25-. The van der Waals surface area contributed by atoms with E-state index in [1.165, 1.54) is 122 Å². The van der Waals surface area contributed by atoms with Crippen LogP contribution in [-0.4, -0.2) is 73.4 Å². The minimum absolute atomic E-state index is 0.0717. The summed E-state index contributed by atoms with van der Waals surface area (Å²) in [6.07, 6.45) is 35.3. The zero-order valence-corrected chi connectivity index (χ0v) is 33.8. The maximum absolute atomic E-state index is 12.7. The molecule has 0 radical (unpaired) electrons. The van der Waals surface area contributed by atoms with Crippen LogP contribution in [0.5, 0.6) is 0 Å². The molecule has 0 rings (SSSR count). The summed E-state index contributed by atoms with van der Waals surface area (Å²) in [4.78, 5) is 23.0. The highest BCUT2D eigenvalue weighted by atomic mass is 31.2. The lowest BCUT2D eigenvalue weighted by molar-refractivity contribution is -0.870. The van der Waals surface area contributed by atoms with Crippen LogP contribution in [0.25, 0.3) is 0 Å². The maximum atomic E-state index is 12.7. The Bertz CT molecular complexity index is 819. The third-order valence-electron chi connectivity index (χ3n) is 9.26. The summed E-state index contributed by atoms with van der Waals surface area (Å²) in [5, 5.41) is 13.9. The molecule has 0 saturated heterocycles. The first-order valence-electron chi connectivity index (χ1n) is 20.6. The second-order valence-corrected chi connectivity index (χ2v) is 16.8. The van der Waals surface area contributed by atoms with Crippen LogP contribution in [0.2, 0.25) is 0 Å². The molecule has 0 aromatic rings. The van der Waals surface area contributed by atoms with Crippen molar-refractivity contribution in [3.05, 3.63) is 12.2 Å². The third-order valence-corrected chi connectivity index (χ3v) is 10.2. The second-order valence-electron chi connectivity index (χ2n) is 15.4. The number of likely N-dealkylation sites (N-methyl/N-ethyl adjacent to an activating group) is 1. The Labute approximate surface area is 303 Å². The number of phosphoric acid groups is 1. The van der Waals surface area contributed by atoms with Gasteiger partial charge in [0.25, 0.3) is 0 Å². The van der Waals surface area contributed by atoms with Gasteiger partial charge in [-0.1, -0.05) is 161 Å². The summed E-state index contributed by atoms with van der Waals surface area (Å²) in [5.74, 6) is -0.180. The fraction of sp³-hybridized carbons (Fsp3) is 0.925. The highest BCUT2D eigenvalue weighted by Gasteiger charge is 2.28. The molecule has 292 valence electrons. The Morgan fingerprint density at radius 3 is 1.57 bits per heavy atom. The van der Waals surface area contributed by atoms with Crippen LogP contribution in [-0.2, 0) is 18.4 Å². The van der Waals surface area contributed by atoms with Crippen molar-refractivity contribution in [3.8, 4) is 0 Å². The number of hydrogen-bond donors (Lipinski definition) is 3. The molecule has 0 spiro atoms. The van der Waals surface area contributed by atoms with Gasteiger partial charge < -0.3 is 19.8 Å². The molecule has 0 aliphatic carbocycles. The fourth-order valence-corrected chi connectivity index (χ4v) is 6.67. The van der Waals surface area contributed by atoms with E-state index in [-0.39, 0.29) is 19.1 Å². The Balaban J connectivity index is 4.34. The van der Waals surface area contributed by atoms with Gasteiger partial charge in [-0.25, -0.2) is 4.57 Å². The number of quaternary nitrogens is 1. The molecule has 0 heterocycles. The molecule has 0 aliphatic rings. The van der Waals surface area contributed by atoms with E-state index in [0.29, 0.717) is 30.3 Å². The number of amides is 1. The molecule has 0 aromatic carbocycles. The smallest absolute Gasteiger partial charge is 0.391 e. The zero-order chi connectivity index (χ0) is 36.5. The lowest BCUT2D eigenvalue weighted by Crippen LogP contribution is -2.46. The third kappa shape index (κ3) is 35.4. The number of aliphatic hydroxyl groups is 1. The van der Waals surface area contributed by atoms with Crippen LogP contribution < -0.4 is 5.32 Å². The first-order chi connectivity index (χ1) is 23.5. The second kappa shape index (κ2) is 33.1. The van der Waals surface area contributed by atoms with Crippen LogP contribution in [0.15, 0.2) is 12.2 Å². The Morgan fingerprint density at radius 1 is 0.673 bits per heavy atom. The van der Waals surface area contributed by atoms with Crippen molar-refractivity contribution >= 4 is 13.7 Å².